The molecule has 3 aromatic heterocycles. The van der Waals surface area contributed by atoms with Gasteiger partial charge >= 0.3 is 0 Å². The fourth-order valence-corrected chi connectivity index (χ4v) is 5.25. The van der Waals surface area contributed by atoms with Crippen LogP contribution in [0.25, 0.3) is 43.1 Å². The van der Waals surface area contributed by atoms with Gasteiger partial charge in [0.15, 0.2) is 23.9 Å². The van der Waals surface area contributed by atoms with Gasteiger partial charge in [0.1, 0.15) is 13.8 Å². The van der Waals surface area contributed by atoms with Crippen LogP contribution in [0.5, 0.6) is 0 Å². The van der Waals surface area contributed by atoms with Crippen molar-refractivity contribution in [3.8, 4) is 20.9 Å². The number of fused-ring (bicyclic) bond motifs is 2. The highest BCUT2D eigenvalue weighted by atomic mass is 32.1. The van der Waals surface area contributed by atoms with Crippen molar-refractivity contribution in [1.29, 1.82) is 0 Å². The zero-order valence-electron chi connectivity index (χ0n) is 20.6. The summed E-state index contributed by atoms with van der Waals surface area (Å²) in [5, 5.41) is 0. The fourth-order valence-electron chi connectivity index (χ4n) is 4.12. The van der Waals surface area contributed by atoms with Crippen molar-refractivity contribution in [3.05, 3.63) is 60.3 Å². The van der Waals surface area contributed by atoms with E-state index in [1.807, 2.05) is 12.1 Å². The molecular weight excluding hydrogens is 404 g/mol. The van der Waals surface area contributed by atoms with E-state index in [-0.39, 0.29) is 23.6 Å². The second-order valence-electron chi connectivity index (χ2n) is 9.94. The second-order valence-corrected chi connectivity index (χ2v) is 11.0. The summed E-state index contributed by atoms with van der Waals surface area (Å²) >= 11 is 1.66. The molecule has 0 saturated carbocycles. The second kappa shape index (κ2) is 6.79. The van der Waals surface area contributed by atoms with Crippen molar-refractivity contribution in [2.24, 2.45) is 0 Å². The number of thiophene rings is 1. The highest BCUT2D eigenvalue weighted by Crippen LogP contribution is 2.46. The lowest BCUT2D eigenvalue weighted by molar-refractivity contribution is 0.589. The molecule has 2 aromatic carbocycles. The number of benzene rings is 2. The Kier molecular flexibility index (Phi) is 3.88. The van der Waals surface area contributed by atoms with Crippen LogP contribution in [-0.4, -0.2) is 9.97 Å². The minimum Gasteiger partial charge on any atom is -0.443 e. The molecule has 5 heteroatoms. The Hall–Kier alpha value is -2.92. The van der Waals surface area contributed by atoms with Crippen molar-refractivity contribution in [1.82, 2.24) is 9.97 Å². The number of nitrogens with zero attached hydrogens (tertiary/aromatic N) is 2. The number of hydrogen-bond donors (Lipinski definition) is 0. The van der Waals surface area contributed by atoms with Crippen LogP contribution in [0.2, 0.25) is 0 Å². The van der Waals surface area contributed by atoms with Gasteiger partial charge in [0.25, 0.3) is 0 Å². The van der Waals surface area contributed by atoms with Gasteiger partial charge in [0.05, 0.1) is 0 Å². The maximum Gasteiger partial charge on any atom is 0.182 e. The van der Waals surface area contributed by atoms with Crippen LogP contribution in [0.1, 0.15) is 55.4 Å². The molecule has 0 atom stereocenters. The molecule has 3 heterocycles. The van der Waals surface area contributed by atoms with E-state index >= 15 is 0 Å². The summed E-state index contributed by atoms with van der Waals surface area (Å²) in [5.41, 5.74) is 6.75. The van der Waals surface area contributed by atoms with Gasteiger partial charge < -0.3 is 8.83 Å². The third kappa shape index (κ3) is 3.28. The first-order valence-corrected chi connectivity index (χ1v) is 11.2. The zero-order valence-corrected chi connectivity index (χ0v) is 19.4. The van der Waals surface area contributed by atoms with Crippen molar-refractivity contribution >= 4 is 33.5 Å². The molecule has 0 aliphatic heterocycles. The molecule has 5 rings (SSSR count). The standard InChI is InChI=1S/C26H26N2O2S/c1-25(2,3)15-7-9-17-23(27-13-29-17)21(15)19-11-12-20(31-19)22-16(26(4,5)6)8-10-18-24(22)28-14-30-18/h7-14H,1-6H3/i13D,14D. The van der Waals surface area contributed by atoms with Gasteiger partial charge in [-0.15, -0.1) is 11.3 Å². The fraction of sp³-hybridized carbons (Fsp3) is 0.308. The van der Waals surface area contributed by atoms with Crippen molar-refractivity contribution < 1.29 is 11.6 Å². The van der Waals surface area contributed by atoms with E-state index in [9.17, 15) is 0 Å². The lowest BCUT2D eigenvalue weighted by Gasteiger charge is -2.23. The van der Waals surface area contributed by atoms with Crippen molar-refractivity contribution in [3.63, 3.8) is 0 Å². The predicted molar refractivity (Wildman–Crippen MR) is 128 cm³/mol. The molecule has 158 valence electrons. The Morgan fingerprint density at radius 1 is 0.677 bits per heavy atom. The third-order valence-electron chi connectivity index (χ3n) is 5.62. The van der Waals surface area contributed by atoms with Gasteiger partial charge in [-0.3, -0.25) is 0 Å². The molecule has 31 heavy (non-hydrogen) atoms. The lowest BCUT2D eigenvalue weighted by Crippen LogP contribution is -2.12. The Balaban J connectivity index is 1.79. The van der Waals surface area contributed by atoms with Crippen LogP contribution in [-0.2, 0) is 10.8 Å². The molecule has 0 bridgehead atoms. The quantitative estimate of drug-likeness (QED) is 0.284. The molecule has 0 unspecified atom stereocenters. The Labute approximate surface area is 188 Å². The number of oxazole rings is 2. The minimum absolute atomic E-state index is 0.0838. The third-order valence-corrected chi connectivity index (χ3v) is 6.74. The normalized spacial score (nSPS) is 13.7. The SMILES string of the molecule is [2H]c1nc2c(-c3ccc(-c4c(C(C)(C)C)ccc5oc([2H])nc45)s3)c(C(C)(C)C)ccc2o1. The molecule has 0 N–H and O–H groups in total. The van der Waals surface area contributed by atoms with Gasteiger partial charge in [-0.2, -0.15) is 0 Å². The van der Waals surface area contributed by atoms with E-state index in [0.717, 1.165) is 32.0 Å². The van der Waals surface area contributed by atoms with E-state index in [4.69, 9.17) is 11.6 Å². The molecule has 0 saturated heterocycles. The largest absolute Gasteiger partial charge is 0.443 e. The molecule has 0 radical (unpaired) electrons. The molecule has 0 aliphatic carbocycles. The van der Waals surface area contributed by atoms with Crippen LogP contribution < -0.4 is 0 Å². The summed E-state index contributed by atoms with van der Waals surface area (Å²) < 4.78 is 26.9. The molecule has 0 amide bonds. The Bertz CT molecular complexity index is 1400. The molecule has 0 fully saturated rings. The van der Waals surface area contributed by atoms with Gasteiger partial charge in [-0.1, -0.05) is 53.7 Å². The Morgan fingerprint density at radius 3 is 1.48 bits per heavy atom. The molecule has 5 aromatic rings. The topological polar surface area (TPSA) is 52.1 Å². The molecule has 0 aliphatic rings. The molecular formula is C26H26N2O2S. The predicted octanol–water partition coefficient (Wildman–Crippen LogP) is 7.96. The number of rotatable bonds is 2. The lowest BCUT2D eigenvalue weighted by atomic mass is 9.82. The number of hydrogen-bond acceptors (Lipinski definition) is 5. The average Bonchev–Trinajstić information content (AvgIpc) is 3.40. The van der Waals surface area contributed by atoms with Crippen LogP contribution >= 0.6 is 11.3 Å². The van der Waals surface area contributed by atoms with Crippen LogP contribution in [0.4, 0.5) is 0 Å². The summed E-state index contributed by atoms with van der Waals surface area (Å²) in [6.45, 7) is 13.1. The average molecular weight is 433 g/mol. The smallest absolute Gasteiger partial charge is 0.182 e. The minimum atomic E-state index is -0.113. The van der Waals surface area contributed by atoms with Crippen LogP contribution in [0, 0.1) is 0 Å². The first kappa shape index (κ1) is 17.7. The van der Waals surface area contributed by atoms with Gasteiger partial charge in [-0.25, -0.2) is 9.97 Å². The van der Waals surface area contributed by atoms with E-state index < -0.39 is 0 Å². The van der Waals surface area contributed by atoms with Gasteiger partial charge in [0, 0.05) is 20.9 Å². The van der Waals surface area contributed by atoms with Crippen molar-refractivity contribution in [2.75, 3.05) is 0 Å². The summed E-state index contributed by atoms with van der Waals surface area (Å²) in [6, 6.07) is 12.2. The maximum atomic E-state index is 7.93. The van der Waals surface area contributed by atoms with E-state index in [0.29, 0.717) is 22.2 Å². The molecule has 0 spiro atoms. The highest BCUT2D eigenvalue weighted by Gasteiger charge is 2.26. The van der Waals surface area contributed by atoms with E-state index in [1.165, 1.54) is 0 Å². The summed E-state index contributed by atoms with van der Waals surface area (Å²) in [4.78, 5) is 10.9. The van der Waals surface area contributed by atoms with Gasteiger partial charge in [-0.05, 0) is 46.2 Å². The molecule has 4 nitrogen and oxygen atoms in total. The summed E-state index contributed by atoms with van der Waals surface area (Å²) in [5.74, 6) is 0. The van der Waals surface area contributed by atoms with Crippen LogP contribution in [0.3, 0.4) is 0 Å². The van der Waals surface area contributed by atoms with Crippen molar-refractivity contribution in [2.45, 2.75) is 52.4 Å². The Morgan fingerprint density at radius 2 is 1.10 bits per heavy atom. The maximum absolute atomic E-state index is 7.93. The highest BCUT2D eigenvalue weighted by molar-refractivity contribution is 7.19. The van der Waals surface area contributed by atoms with Gasteiger partial charge in [0.2, 0.25) is 0 Å². The summed E-state index contributed by atoms with van der Waals surface area (Å²) in [7, 11) is 0. The summed E-state index contributed by atoms with van der Waals surface area (Å²) in [6.07, 6.45) is -0.168. The number of aromatic nitrogens is 2. The van der Waals surface area contributed by atoms with Crippen LogP contribution in [0.15, 0.2) is 58.0 Å². The van der Waals surface area contributed by atoms with E-state index in [1.54, 1.807) is 11.3 Å². The first-order valence-electron chi connectivity index (χ1n) is 11.4. The van der Waals surface area contributed by atoms with E-state index in [2.05, 4.69) is 75.8 Å². The zero-order chi connectivity index (χ0) is 23.7. The first-order chi connectivity index (χ1) is 15.4. The monoisotopic (exact) mass is 432 g/mol.